The summed E-state index contributed by atoms with van der Waals surface area (Å²) in [4.78, 5) is 26.8. The molecule has 5 rings (SSSR count). The maximum Gasteiger partial charge on any atom is 0.225 e. The molecular formula is C30H32ClN5O6. The van der Waals surface area contributed by atoms with E-state index in [-0.39, 0.29) is 31.5 Å². The van der Waals surface area contributed by atoms with E-state index in [1.54, 1.807) is 48.5 Å². The van der Waals surface area contributed by atoms with Crippen LogP contribution in [0.25, 0.3) is 10.9 Å². The van der Waals surface area contributed by atoms with Crippen molar-refractivity contribution in [2.45, 2.75) is 37.8 Å². The van der Waals surface area contributed by atoms with Crippen molar-refractivity contribution in [1.82, 2.24) is 19.9 Å². The normalized spacial score (nSPS) is 14.7. The van der Waals surface area contributed by atoms with Gasteiger partial charge in [-0.1, -0.05) is 17.7 Å². The summed E-state index contributed by atoms with van der Waals surface area (Å²) in [6, 6.07) is 16.3. The molecule has 11 nitrogen and oxygen atoms in total. The number of carbonyl (C=O) groups excluding carboxylic acids is 1. The number of halogens is 1. The van der Waals surface area contributed by atoms with Crippen LogP contribution >= 0.6 is 11.6 Å². The lowest BCUT2D eigenvalue weighted by atomic mass is 10.1. The number of rotatable bonds is 13. The molecular weight excluding hydrogens is 562 g/mol. The third kappa shape index (κ3) is 7.62. The van der Waals surface area contributed by atoms with Crippen LogP contribution in [0, 0.1) is 0 Å². The highest BCUT2D eigenvalue weighted by molar-refractivity contribution is 6.32. The fraction of sp³-hybridized carbons (Fsp3) is 0.333. The van der Waals surface area contributed by atoms with Crippen LogP contribution in [0.4, 0.5) is 11.5 Å². The Morgan fingerprint density at radius 1 is 1.07 bits per heavy atom. The van der Waals surface area contributed by atoms with E-state index in [1.165, 1.54) is 6.33 Å². The summed E-state index contributed by atoms with van der Waals surface area (Å²) < 4.78 is 16.8. The van der Waals surface area contributed by atoms with Gasteiger partial charge in [0.15, 0.2) is 0 Å². The Labute approximate surface area is 248 Å². The van der Waals surface area contributed by atoms with Gasteiger partial charge in [-0.2, -0.15) is 0 Å². The largest absolute Gasteiger partial charge is 0.491 e. The zero-order valence-corrected chi connectivity index (χ0v) is 23.8. The standard InChI is InChI=1S/C30H32ClN5O6/c1-40-24-14-36(15-24)29(39)12-21(37)11-22(38)17-41-23-6-7-27-25(13-23)30(34-18-33-27)35-19-5-8-28(26(31)10-19)42-16-20-4-2-3-9-32-20/h2-10,13,18,21-22,24,37-38H,11-12,14-17H2,1H3,(H,33,34,35). The molecule has 0 bridgehead atoms. The van der Waals surface area contributed by atoms with E-state index in [0.717, 1.165) is 5.69 Å². The van der Waals surface area contributed by atoms with Crippen molar-refractivity contribution < 1.29 is 29.2 Å². The number of nitrogens with one attached hydrogen (secondary N) is 1. The van der Waals surface area contributed by atoms with Crippen LogP contribution in [0.1, 0.15) is 18.5 Å². The van der Waals surface area contributed by atoms with Gasteiger partial charge in [0.2, 0.25) is 5.91 Å². The van der Waals surface area contributed by atoms with Gasteiger partial charge in [-0.05, 0) is 48.5 Å². The third-order valence-electron chi connectivity index (χ3n) is 6.83. The maximum atomic E-state index is 12.2. The summed E-state index contributed by atoms with van der Waals surface area (Å²) in [6.07, 6.45) is 1.23. The quantitative estimate of drug-likeness (QED) is 0.210. The lowest BCUT2D eigenvalue weighted by Crippen LogP contribution is -2.54. The van der Waals surface area contributed by atoms with Crippen molar-refractivity contribution in [2.24, 2.45) is 0 Å². The molecule has 0 spiro atoms. The second kappa shape index (κ2) is 13.8. The third-order valence-corrected chi connectivity index (χ3v) is 7.13. The Bertz CT molecular complexity index is 1500. The predicted molar refractivity (Wildman–Crippen MR) is 157 cm³/mol. The second-order valence-electron chi connectivity index (χ2n) is 10.00. The highest BCUT2D eigenvalue weighted by Crippen LogP contribution is 2.32. The van der Waals surface area contributed by atoms with Crippen molar-refractivity contribution >= 4 is 39.9 Å². The fourth-order valence-corrected chi connectivity index (χ4v) is 4.71. The minimum absolute atomic E-state index is 0.0130. The Kier molecular flexibility index (Phi) is 9.65. The summed E-state index contributed by atoms with van der Waals surface area (Å²) in [7, 11) is 1.61. The van der Waals surface area contributed by atoms with Crippen LogP contribution in [0.5, 0.6) is 11.5 Å². The molecule has 0 radical (unpaired) electrons. The average Bonchev–Trinajstić information content (AvgIpc) is 2.96. The van der Waals surface area contributed by atoms with Gasteiger partial charge in [-0.25, -0.2) is 9.97 Å². The highest BCUT2D eigenvalue weighted by Gasteiger charge is 2.31. The van der Waals surface area contributed by atoms with Crippen molar-refractivity contribution in [3.05, 3.63) is 77.8 Å². The number of hydrogen-bond donors (Lipinski definition) is 3. The van der Waals surface area contributed by atoms with Crippen LogP contribution in [-0.4, -0.2) is 81.1 Å². The van der Waals surface area contributed by atoms with E-state index in [9.17, 15) is 15.0 Å². The number of anilines is 2. The maximum absolute atomic E-state index is 12.2. The number of ether oxygens (including phenoxy) is 3. The number of aliphatic hydroxyl groups excluding tert-OH is 2. The van der Waals surface area contributed by atoms with Crippen LogP contribution in [0.15, 0.2) is 67.1 Å². The second-order valence-corrected chi connectivity index (χ2v) is 10.4. The topological polar surface area (TPSA) is 139 Å². The molecule has 2 unspecified atom stereocenters. The van der Waals surface area contributed by atoms with Crippen LogP contribution in [0.3, 0.4) is 0 Å². The monoisotopic (exact) mass is 593 g/mol. The molecule has 2 aromatic heterocycles. The fourth-order valence-electron chi connectivity index (χ4n) is 4.47. The zero-order valence-electron chi connectivity index (χ0n) is 23.0. The van der Waals surface area contributed by atoms with E-state index in [2.05, 4.69) is 20.3 Å². The summed E-state index contributed by atoms with van der Waals surface area (Å²) >= 11 is 6.47. The van der Waals surface area contributed by atoms with E-state index < -0.39 is 12.2 Å². The van der Waals surface area contributed by atoms with E-state index in [0.29, 0.717) is 58.6 Å². The molecule has 0 saturated carbocycles. The van der Waals surface area contributed by atoms with Crippen molar-refractivity contribution in [2.75, 3.05) is 32.1 Å². The summed E-state index contributed by atoms with van der Waals surface area (Å²) in [5.41, 5.74) is 2.19. The minimum Gasteiger partial charge on any atom is -0.491 e. The van der Waals surface area contributed by atoms with Gasteiger partial charge in [-0.15, -0.1) is 0 Å². The zero-order chi connectivity index (χ0) is 29.5. The first-order valence-electron chi connectivity index (χ1n) is 13.5. The summed E-state index contributed by atoms with van der Waals surface area (Å²) in [5.74, 6) is 1.41. The average molecular weight is 594 g/mol. The Hall–Kier alpha value is -4.03. The highest BCUT2D eigenvalue weighted by atomic mass is 35.5. The summed E-state index contributed by atoms with van der Waals surface area (Å²) in [6.45, 7) is 1.29. The first-order chi connectivity index (χ1) is 20.4. The van der Waals surface area contributed by atoms with Gasteiger partial charge >= 0.3 is 0 Å². The molecule has 12 heteroatoms. The molecule has 2 atom stereocenters. The first-order valence-corrected chi connectivity index (χ1v) is 13.9. The van der Waals surface area contributed by atoms with Gasteiger partial charge < -0.3 is 34.6 Å². The van der Waals surface area contributed by atoms with Gasteiger partial charge in [0.05, 0.1) is 41.0 Å². The number of fused-ring (bicyclic) bond motifs is 1. The van der Waals surface area contributed by atoms with Crippen molar-refractivity contribution in [3.8, 4) is 11.5 Å². The smallest absolute Gasteiger partial charge is 0.225 e. The molecule has 1 aliphatic rings. The van der Waals surface area contributed by atoms with Crippen LogP contribution in [0.2, 0.25) is 5.02 Å². The number of benzene rings is 2. The minimum atomic E-state index is -0.975. The van der Waals surface area contributed by atoms with Gasteiger partial charge in [0, 0.05) is 43.9 Å². The predicted octanol–water partition coefficient (Wildman–Crippen LogP) is 3.74. The van der Waals surface area contributed by atoms with Gasteiger partial charge in [0.1, 0.15) is 36.9 Å². The molecule has 1 amide bonds. The van der Waals surface area contributed by atoms with E-state index in [1.807, 2.05) is 24.3 Å². The number of hydrogen-bond acceptors (Lipinski definition) is 10. The number of aromatic nitrogens is 3. The number of nitrogens with zero attached hydrogens (tertiary/aromatic N) is 4. The van der Waals surface area contributed by atoms with Crippen LogP contribution in [-0.2, 0) is 16.1 Å². The number of carbonyl (C=O) groups is 1. The van der Waals surface area contributed by atoms with Crippen molar-refractivity contribution in [1.29, 1.82) is 0 Å². The molecule has 1 fully saturated rings. The molecule has 42 heavy (non-hydrogen) atoms. The Morgan fingerprint density at radius 2 is 1.93 bits per heavy atom. The molecule has 2 aromatic carbocycles. The lowest BCUT2D eigenvalue weighted by molar-refractivity contribution is -0.145. The SMILES string of the molecule is COC1CN(C(=O)CC(O)CC(O)COc2ccc3ncnc(Nc4ccc(OCc5ccccn5)c(Cl)c4)c3c2)C1. The molecule has 3 N–H and O–H groups in total. The number of methoxy groups -OCH3 is 1. The van der Waals surface area contributed by atoms with E-state index in [4.69, 9.17) is 25.8 Å². The lowest BCUT2D eigenvalue weighted by Gasteiger charge is -2.38. The van der Waals surface area contributed by atoms with E-state index >= 15 is 0 Å². The number of likely N-dealkylation sites (tertiary alicyclic amines) is 1. The molecule has 3 heterocycles. The Balaban J connectivity index is 1.16. The van der Waals surface area contributed by atoms with Gasteiger partial charge in [0.25, 0.3) is 0 Å². The van der Waals surface area contributed by atoms with Crippen molar-refractivity contribution in [3.63, 3.8) is 0 Å². The number of amides is 1. The molecule has 4 aromatic rings. The first kappa shape index (κ1) is 29.5. The molecule has 220 valence electrons. The van der Waals surface area contributed by atoms with Crippen LogP contribution < -0.4 is 14.8 Å². The summed E-state index contributed by atoms with van der Waals surface area (Å²) in [5, 5.41) is 25.1. The Morgan fingerprint density at radius 3 is 2.69 bits per heavy atom. The molecule has 1 saturated heterocycles. The van der Waals surface area contributed by atoms with Gasteiger partial charge in [-0.3, -0.25) is 9.78 Å². The molecule has 1 aliphatic heterocycles. The number of aliphatic hydroxyl groups is 2. The number of pyridine rings is 1. The molecule has 0 aliphatic carbocycles.